The second kappa shape index (κ2) is 6.73. The number of pyridine rings is 1. The first-order valence-electron chi connectivity index (χ1n) is 7.39. The van der Waals surface area contributed by atoms with Gasteiger partial charge in [0.1, 0.15) is 5.82 Å². The highest BCUT2D eigenvalue weighted by atomic mass is 19.1. The van der Waals surface area contributed by atoms with Crippen LogP contribution in [0, 0.1) is 12.7 Å². The van der Waals surface area contributed by atoms with Gasteiger partial charge < -0.3 is 10.0 Å². The number of carboxylic acids is 1. The Morgan fingerprint density at radius 3 is 2.61 bits per heavy atom. The van der Waals surface area contributed by atoms with Crippen LogP contribution in [0.25, 0.3) is 10.9 Å². The molecule has 1 N–H and O–H groups in total. The first-order chi connectivity index (χ1) is 10.8. The van der Waals surface area contributed by atoms with E-state index in [4.69, 9.17) is 5.11 Å². The van der Waals surface area contributed by atoms with E-state index < -0.39 is 5.97 Å². The summed E-state index contributed by atoms with van der Waals surface area (Å²) >= 11 is 0. The summed E-state index contributed by atoms with van der Waals surface area (Å²) in [4.78, 5) is 29.3. The maximum atomic E-state index is 13.3. The Bertz CT molecular complexity index is 759. The fourth-order valence-electron chi connectivity index (χ4n) is 2.42. The lowest BCUT2D eigenvalue weighted by Crippen LogP contribution is -2.39. The van der Waals surface area contributed by atoms with Crippen LogP contribution in [-0.4, -0.2) is 39.5 Å². The molecule has 2 aromatic rings. The summed E-state index contributed by atoms with van der Waals surface area (Å²) in [5.74, 6) is -1.60. The molecule has 1 amide bonds. The van der Waals surface area contributed by atoms with Gasteiger partial charge in [-0.3, -0.25) is 14.6 Å². The zero-order valence-corrected chi connectivity index (χ0v) is 13.3. The molecule has 0 bridgehead atoms. The van der Waals surface area contributed by atoms with Crippen LogP contribution in [0.2, 0.25) is 0 Å². The summed E-state index contributed by atoms with van der Waals surface area (Å²) in [6, 6.07) is 5.75. The van der Waals surface area contributed by atoms with E-state index in [1.807, 2.05) is 13.8 Å². The number of aromatic nitrogens is 1. The molecule has 0 atom stereocenters. The van der Waals surface area contributed by atoms with Crippen molar-refractivity contribution >= 4 is 22.8 Å². The quantitative estimate of drug-likeness (QED) is 0.920. The number of aliphatic carboxylic acids is 1. The van der Waals surface area contributed by atoms with E-state index in [1.54, 1.807) is 19.1 Å². The zero-order chi connectivity index (χ0) is 17.1. The van der Waals surface area contributed by atoms with E-state index >= 15 is 0 Å². The minimum absolute atomic E-state index is 0.116. The number of fused-ring (bicyclic) bond motifs is 1. The molecule has 0 fully saturated rings. The fraction of sp³-hybridized carbons (Fsp3) is 0.353. The first kappa shape index (κ1) is 16.9. The molecule has 5 nitrogen and oxygen atoms in total. The van der Waals surface area contributed by atoms with Crippen molar-refractivity contribution in [1.82, 2.24) is 9.88 Å². The first-order valence-corrected chi connectivity index (χ1v) is 7.39. The lowest BCUT2D eigenvalue weighted by Gasteiger charge is -2.26. The van der Waals surface area contributed by atoms with Gasteiger partial charge in [-0.15, -0.1) is 0 Å². The molecule has 1 aromatic heterocycles. The third kappa shape index (κ3) is 3.83. The van der Waals surface area contributed by atoms with Crippen LogP contribution >= 0.6 is 0 Å². The van der Waals surface area contributed by atoms with Gasteiger partial charge in [0.25, 0.3) is 5.91 Å². The van der Waals surface area contributed by atoms with Crippen molar-refractivity contribution in [1.29, 1.82) is 0 Å². The molecule has 0 aliphatic rings. The normalized spacial score (nSPS) is 11.0. The van der Waals surface area contributed by atoms with Crippen molar-refractivity contribution in [2.24, 2.45) is 0 Å². The SMILES string of the molecule is Cc1nc2cc(F)ccc2cc1C(=O)N(CCC(=O)O)C(C)C. The summed E-state index contributed by atoms with van der Waals surface area (Å²) in [7, 11) is 0. The van der Waals surface area contributed by atoms with Gasteiger partial charge in [0, 0.05) is 24.0 Å². The highest BCUT2D eigenvalue weighted by Crippen LogP contribution is 2.20. The molecule has 0 spiro atoms. The summed E-state index contributed by atoms with van der Waals surface area (Å²) in [6.07, 6.45) is -0.116. The summed E-state index contributed by atoms with van der Waals surface area (Å²) < 4.78 is 13.3. The summed E-state index contributed by atoms with van der Waals surface area (Å²) in [5.41, 5.74) is 1.39. The van der Waals surface area contributed by atoms with E-state index in [1.165, 1.54) is 17.0 Å². The van der Waals surface area contributed by atoms with Crippen LogP contribution in [-0.2, 0) is 4.79 Å². The highest BCUT2D eigenvalue weighted by Gasteiger charge is 2.22. The molecule has 0 aliphatic heterocycles. The predicted molar refractivity (Wildman–Crippen MR) is 84.9 cm³/mol. The Morgan fingerprint density at radius 2 is 2.00 bits per heavy atom. The van der Waals surface area contributed by atoms with Crippen molar-refractivity contribution < 1.29 is 19.1 Å². The van der Waals surface area contributed by atoms with Crippen molar-refractivity contribution in [2.45, 2.75) is 33.2 Å². The number of carboxylic acid groups (broad SMARTS) is 1. The Balaban J connectivity index is 2.40. The number of amides is 1. The zero-order valence-electron chi connectivity index (χ0n) is 13.3. The molecule has 1 heterocycles. The minimum atomic E-state index is -0.952. The van der Waals surface area contributed by atoms with Gasteiger partial charge in [0.05, 0.1) is 23.2 Å². The molecule has 6 heteroatoms. The van der Waals surface area contributed by atoms with Crippen LogP contribution in [0.15, 0.2) is 24.3 Å². The molecule has 122 valence electrons. The van der Waals surface area contributed by atoms with Gasteiger partial charge >= 0.3 is 5.97 Å². The van der Waals surface area contributed by atoms with Crippen LogP contribution in [0.4, 0.5) is 4.39 Å². The van der Waals surface area contributed by atoms with Crippen molar-refractivity contribution in [3.05, 3.63) is 41.3 Å². The third-order valence-electron chi connectivity index (χ3n) is 3.65. The van der Waals surface area contributed by atoms with E-state index in [0.717, 1.165) is 0 Å². The van der Waals surface area contributed by atoms with Gasteiger partial charge in [-0.25, -0.2) is 4.39 Å². The van der Waals surface area contributed by atoms with Crippen LogP contribution in [0.1, 0.15) is 36.3 Å². The summed E-state index contributed by atoms with van der Waals surface area (Å²) in [5, 5.41) is 9.50. The topological polar surface area (TPSA) is 70.5 Å². The number of hydrogen-bond donors (Lipinski definition) is 1. The number of nitrogens with zero attached hydrogens (tertiary/aromatic N) is 2. The minimum Gasteiger partial charge on any atom is -0.481 e. The van der Waals surface area contributed by atoms with Crippen molar-refractivity contribution in [3.8, 4) is 0 Å². The maximum absolute atomic E-state index is 13.3. The highest BCUT2D eigenvalue weighted by molar-refractivity contribution is 5.99. The van der Waals surface area contributed by atoms with Gasteiger partial charge in [-0.2, -0.15) is 0 Å². The number of carbonyl (C=O) groups is 2. The number of benzene rings is 1. The molecule has 2 rings (SSSR count). The van der Waals surface area contributed by atoms with E-state index in [2.05, 4.69) is 4.98 Å². The smallest absolute Gasteiger partial charge is 0.305 e. The van der Waals surface area contributed by atoms with E-state index in [-0.39, 0.29) is 30.7 Å². The molecule has 0 saturated heterocycles. The lowest BCUT2D eigenvalue weighted by molar-refractivity contribution is -0.137. The Hall–Kier alpha value is -2.50. The van der Waals surface area contributed by atoms with E-state index in [0.29, 0.717) is 22.2 Å². The third-order valence-corrected chi connectivity index (χ3v) is 3.65. The van der Waals surface area contributed by atoms with Crippen LogP contribution in [0.3, 0.4) is 0 Å². The van der Waals surface area contributed by atoms with Gasteiger partial charge in [-0.1, -0.05) is 0 Å². The van der Waals surface area contributed by atoms with E-state index in [9.17, 15) is 14.0 Å². The fourth-order valence-corrected chi connectivity index (χ4v) is 2.42. The molecular weight excluding hydrogens is 299 g/mol. The maximum Gasteiger partial charge on any atom is 0.305 e. The summed E-state index contributed by atoms with van der Waals surface area (Å²) in [6.45, 7) is 5.48. The molecule has 1 aromatic carbocycles. The predicted octanol–water partition coefficient (Wildman–Crippen LogP) is 3.01. The standard InChI is InChI=1S/C17H19FN2O3/c1-10(2)20(7-6-16(21)22)17(23)14-8-12-4-5-13(18)9-15(12)19-11(14)3/h4-5,8-10H,6-7H2,1-3H3,(H,21,22). The average molecular weight is 318 g/mol. The lowest BCUT2D eigenvalue weighted by atomic mass is 10.1. The van der Waals surface area contributed by atoms with Gasteiger partial charge in [0.15, 0.2) is 0 Å². The number of carbonyl (C=O) groups excluding carboxylic acids is 1. The number of halogens is 1. The van der Waals surface area contributed by atoms with Crippen LogP contribution in [0.5, 0.6) is 0 Å². The number of rotatable bonds is 5. The van der Waals surface area contributed by atoms with Gasteiger partial charge in [-0.05, 0) is 39.0 Å². The molecule has 0 radical (unpaired) electrons. The Morgan fingerprint density at radius 1 is 1.30 bits per heavy atom. The second-order valence-electron chi connectivity index (χ2n) is 5.69. The van der Waals surface area contributed by atoms with Gasteiger partial charge in [0.2, 0.25) is 0 Å². The largest absolute Gasteiger partial charge is 0.481 e. The number of aryl methyl sites for hydroxylation is 1. The van der Waals surface area contributed by atoms with Crippen molar-refractivity contribution in [3.63, 3.8) is 0 Å². The molecule has 23 heavy (non-hydrogen) atoms. The Kier molecular flexibility index (Phi) is 4.93. The molecule has 0 unspecified atom stereocenters. The monoisotopic (exact) mass is 318 g/mol. The molecular formula is C17H19FN2O3. The molecule has 0 saturated carbocycles. The second-order valence-corrected chi connectivity index (χ2v) is 5.69. The average Bonchev–Trinajstić information content (AvgIpc) is 2.45. The number of hydrogen-bond acceptors (Lipinski definition) is 3. The Labute approximate surface area is 133 Å². The molecule has 0 aliphatic carbocycles. The van der Waals surface area contributed by atoms with Crippen molar-refractivity contribution in [2.75, 3.05) is 6.54 Å². The van der Waals surface area contributed by atoms with Crippen LogP contribution < -0.4 is 0 Å².